The second kappa shape index (κ2) is 8.91. The lowest BCUT2D eigenvalue weighted by Gasteiger charge is -2.38. The van der Waals surface area contributed by atoms with E-state index in [0.717, 1.165) is 6.42 Å². The van der Waals surface area contributed by atoms with Crippen LogP contribution in [0.25, 0.3) is 0 Å². The Kier molecular flexibility index (Phi) is 6.55. The topological polar surface area (TPSA) is 40.6 Å². The van der Waals surface area contributed by atoms with Crippen LogP contribution in [0.1, 0.15) is 54.8 Å². The van der Waals surface area contributed by atoms with E-state index in [9.17, 15) is 9.59 Å². The number of aryl methyl sites for hydroxylation is 1. The highest BCUT2D eigenvalue weighted by atomic mass is 32.1. The summed E-state index contributed by atoms with van der Waals surface area (Å²) in [7, 11) is 0. The maximum Gasteiger partial charge on any atom is 0.242 e. The monoisotopic (exact) mass is 398 g/mol. The molecule has 0 saturated carbocycles. The Hall–Kier alpha value is -2.14. The zero-order valence-electron chi connectivity index (χ0n) is 17.3. The molecule has 3 rings (SSSR count). The van der Waals surface area contributed by atoms with E-state index in [0.29, 0.717) is 25.4 Å². The molecule has 0 N–H and O–H groups in total. The van der Waals surface area contributed by atoms with E-state index in [-0.39, 0.29) is 24.4 Å². The molecule has 1 atom stereocenters. The van der Waals surface area contributed by atoms with Crippen molar-refractivity contribution >= 4 is 23.2 Å². The van der Waals surface area contributed by atoms with E-state index in [2.05, 4.69) is 30.5 Å². The number of hydrogen-bond donors (Lipinski definition) is 0. The lowest BCUT2D eigenvalue weighted by molar-refractivity contribution is -0.142. The fraction of sp³-hybridized carbons (Fsp3) is 0.478. The van der Waals surface area contributed by atoms with Crippen molar-refractivity contribution in [2.75, 3.05) is 19.6 Å². The number of amides is 2. The van der Waals surface area contributed by atoms with Gasteiger partial charge in [-0.1, -0.05) is 38.1 Å². The van der Waals surface area contributed by atoms with E-state index in [1.165, 1.54) is 21.6 Å². The summed E-state index contributed by atoms with van der Waals surface area (Å²) in [5, 5.41) is 2.12. The van der Waals surface area contributed by atoms with Gasteiger partial charge in [-0.05, 0) is 54.3 Å². The number of rotatable bonds is 6. The molecule has 0 unspecified atom stereocenters. The van der Waals surface area contributed by atoms with Crippen LogP contribution < -0.4 is 0 Å². The Morgan fingerprint density at radius 2 is 1.96 bits per heavy atom. The third kappa shape index (κ3) is 4.30. The van der Waals surface area contributed by atoms with Gasteiger partial charge in [0.15, 0.2) is 0 Å². The number of carbonyl (C=O) groups excluding carboxylic acids is 2. The van der Waals surface area contributed by atoms with Crippen molar-refractivity contribution < 1.29 is 9.59 Å². The predicted octanol–water partition coefficient (Wildman–Crippen LogP) is 4.43. The van der Waals surface area contributed by atoms with Crippen LogP contribution in [-0.2, 0) is 16.0 Å². The summed E-state index contributed by atoms with van der Waals surface area (Å²) >= 11 is 1.77. The molecular formula is C23H30N2O2S. The SMILES string of the molecule is CCN(CC(=O)N1CCc2sccc2[C@@H]1c1ccccc1C)C(=O)CC(C)C. The molecule has 2 amide bonds. The van der Waals surface area contributed by atoms with Crippen molar-refractivity contribution in [3.63, 3.8) is 0 Å². The van der Waals surface area contributed by atoms with E-state index in [1.54, 1.807) is 16.2 Å². The molecule has 5 heteroatoms. The molecule has 4 nitrogen and oxygen atoms in total. The average Bonchev–Trinajstić information content (AvgIpc) is 3.14. The fourth-order valence-corrected chi connectivity index (χ4v) is 4.83. The lowest BCUT2D eigenvalue weighted by atomic mass is 9.90. The zero-order chi connectivity index (χ0) is 20.3. The van der Waals surface area contributed by atoms with Crippen molar-refractivity contribution in [1.29, 1.82) is 0 Å². The first-order chi connectivity index (χ1) is 13.4. The van der Waals surface area contributed by atoms with Crippen LogP contribution in [0.15, 0.2) is 35.7 Å². The number of fused-ring (bicyclic) bond motifs is 1. The highest BCUT2D eigenvalue weighted by Crippen LogP contribution is 2.38. The highest BCUT2D eigenvalue weighted by molar-refractivity contribution is 7.10. The zero-order valence-corrected chi connectivity index (χ0v) is 18.1. The van der Waals surface area contributed by atoms with Gasteiger partial charge in [-0.25, -0.2) is 0 Å². The number of likely N-dealkylation sites (N-methyl/N-ethyl adjacent to an activating group) is 1. The highest BCUT2D eigenvalue weighted by Gasteiger charge is 2.34. The maximum absolute atomic E-state index is 13.3. The van der Waals surface area contributed by atoms with Gasteiger partial charge in [0.05, 0.1) is 12.6 Å². The van der Waals surface area contributed by atoms with E-state index < -0.39 is 0 Å². The van der Waals surface area contributed by atoms with Crippen LogP contribution in [-0.4, -0.2) is 41.2 Å². The molecule has 0 bridgehead atoms. The van der Waals surface area contributed by atoms with Gasteiger partial charge in [0.25, 0.3) is 0 Å². The summed E-state index contributed by atoms with van der Waals surface area (Å²) in [5.74, 6) is 0.385. The van der Waals surface area contributed by atoms with Gasteiger partial charge in [-0.3, -0.25) is 9.59 Å². The summed E-state index contributed by atoms with van der Waals surface area (Å²) in [6.07, 6.45) is 1.37. The summed E-state index contributed by atoms with van der Waals surface area (Å²) in [6, 6.07) is 10.4. The second-order valence-corrected chi connectivity index (χ2v) is 8.90. The minimum atomic E-state index is -0.0670. The van der Waals surface area contributed by atoms with Gasteiger partial charge in [0.2, 0.25) is 11.8 Å². The van der Waals surface area contributed by atoms with E-state index >= 15 is 0 Å². The summed E-state index contributed by atoms with van der Waals surface area (Å²) in [4.78, 5) is 30.9. The first-order valence-corrected chi connectivity index (χ1v) is 11.0. The minimum absolute atomic E-state index is 0.0315. The molecule has 150 valence electrons. The molecule has 1 aliphatic heterocycles. The third-order valence-electron chi connectivity index (χ3n) is 5.41. The summed E-state index contributed by atoms with van der Waals surface area (Å²) in [6.45, 7) is 9.52. The van der Waals surface area contributed by atoms with Crippen molar-refractivity contribution in [2.24, 2.45) is 5.92 Å². The van der Waals surface area contributed by atoms with Crippen molar-refractivity contribution in [1.82, 2.24) is 9.80 Å². The predicted molar refractivity (Wildman–Crippen MR) is 114 cm³/mol. The van der Waals surface area contributed by atoms with E-state index in [4.69, 9.17) is 0 Å². The Labute approximate surface area is 172 Å². The van der Waals surface area contributed by atoms with Crippen LogP contribution >= 0.6 is 11.3 Å². The van der Waals surface area contributed by atoms with Gasteiger partial charge in [0, 0.05) is 24.4 Å². The Morgan fingerprint density at radius 1 is 1.21 bits per heavy atom. The normalized spacial score (nSPS) is 16.2. The second-order valence-electron chi connectivity index (χ2n) is 7.90. The molecule has 0 spiro atoms. The number of benzene rings is 1. The molecule has 0 aliphatic carbocycles. The number of carbonyl (C=O) groups is 2. The third-order valence-corrected chi connectivity index (χ3v) is 6.41. The van der Waals surface area contributed by atoms with Crippen molar-refractivity contribution in [2.45, 2.75) is 46.6 Å². The van der Waals surface area contributed by atoms with Crippen LogP contribution in [0.3, 0.4) is 0 Å². The lowest BCUT2D eigenvalue weighted by Crippen LogP contribution is -2.47. The standard InChI is InChI=1S/C23H30N2O2S/c1-5-24(21(26)14-16(2)3)15-22(27)25-12-10-20-19(11-13-28-20)23(25)18-9-7-6-8-17(18)4/h6-9,11,13,16,23H,5,10,12,14-15H2,1-4H3/t23-/m0/s1. The van der Waals surface area contributed by atoms with Gasteiger partial charge in [0.1, 0.15) is 0 Å². The molecular weight excluding hydrogens is 368 g/mol. The Bertz CT molecular complexity index is 843. The van der Waals surface area contributed by atoms with Crippen LogP contribution in [0.5, 0.6) is 0 Å². The fourth-order valence-electron chi connectivity index (χ4n) is 3.92. The van der Waals surface area contributed by atoms with Crippen LogP contribution in [0, 0.1) is 12.8 Å². The molecule has 0 radical (unpaired) electrons. The molecule has 0 fully saturated rings. The molecule has 1 aromatic carbocycles. The van der Waals surface area contributed by atoms with Gasteiger partial charge < -0.3 is 9.80 Å². The minimum Gasteiger partial charge on any atom is -0.334 e. The molecule has 2 heterocycles. The number of hydrogen-bond acceptors (Lipinski definition) is 3. The van der Waals surface area contributed by atoms with Gasteiger partial charge >= 0.3 is 0 Å². The van der Waals surface area contributed by atoms with Crippen LogP contribution in [0.2, 0.25) is 0 Å². The molecule has 1 aromatic heterocycles. The first kappa shape index (κ1) is 20.6. The van der Waals surface area contributed by atoms with Crippen LogP contribution in [0.4, 0.5) is 0 Å². The molecule has 28 heavy (non-hydrogen) atoms. The Balaban J connectivity index is 1.88. The number of thiophene rings is 1. The molecule has 0 saturated heterocycles. The van der Waals surface area contributed by atoms with Gasteiger partial charge in [-0.2, -0.15) is 0 Å². The summed E-state index contributed by atoms with van der Waals surface area (Å²) < 4.78 is 0. The van der Waals surface area contributed by atoms with Crippen molar-refractivity contribution in [3.8, 4) is 0 Å². The van der Waals surface area contributed by atoms with Crippen molar-refractivity contribution in [3.05, 3.63) is 57.3 Å². The quantitative estimate of drug-likeness (QED) is 0.722. The van der Waals surface area contributed by atoms with Gasteiger partial charge in [-0.15, -0.1) is 11.3 Å². The number of nitrogens with zero attached hydrogens (tertiary/aromatic N) is 2. The molecule has 1 aliphatic rings. The molecule has 2 aromatic rings. The first-order valence-electron chi connectivity index (χ1n) is 10.1. The largest absolute Gasteiger partial charge is 0.334 e. The van der Waals surface area contributed by atoms with E-state index in [1.807, 2.05) is 37.8 Å². The average molecular weight is 399 g/mol. The smallest absolute Gasteiger partial charge is 0.242 e. The maximum atomic E-state index is 13.3. The Morgan fingerprint density at radius 3 is 2.64 bits per heavy atom. The summed E-state index contributed by atoms with van der Waals surface area (Å²) in [5.41, 5.74) is 3.59.